The molecule has 0 saturated heterocycles. The Balaban J connectivity index is 2.35. The molecule has 2 heteroatoms. The van der Waals surface area contributed by atoms with Crippen molar-refractivity contribution in [3.63, 3.8) is 0 Å². The van der Waals surface area contributed by atoms with Crippen molar-refractivity contribution >= 4 is 12.2 Å². The molecule has 0 saturated carbocycles. The lowest BCUT2D eigenvalue weighted by Gasteiger charge is -2.26. The highest BCUT2D eigenvalue weighted by Gasteiger charge is 2.19. The van der Waals surface area contributed by atoms with Crippen molar-refractivity contribution in [3.8, 4) is 5.75 Å². The normalized spacial score (nSPS) is 14.5. The van der Waals surface area contributed by atoms with Crippen LogP contribution in [0.25, 0.3) is 12.2 Å². The molecule has 1 aromatic rings. The molecular weight excluding hydrogens is 212 g/mol. The second-order valence-corrected chi connectivity index (χ2v) is 5.08. The molecule has 2 rings (SSSR count). The zero-order valence-electron chi connectivity index (χ0n) is 10.6. The molecule has 2 nitrogen and oxygen atoms in total. The van der Waals surface area contributed by atoms with Crippen molar-refractivity contribution in [2.45, 2.75) is 38.7 Å². The van der Waals surface area contributed by atoms with Gasteiger partial charge in [-0.2, -0.15) is 0 Å². The van der Waals surface area contributed by atoms with Crippen LogP contribution in [-0.4, -0.2) is 17.3 Å². The van der Waals surface area contributed by atoms with E-state index in [1.807, 2.05) is 26.0 Å². The van der Waals surface area contributed by atoms with E-state index in [0.717, 1.165) is 18.6 Å². The maximum absolute atomic E-state index is 9.02. The van der Waals surface area contributed by atoms with E-state index >= 15 is 0 Å². The van der Waals surface area contributed by atoms with Gasteiger partial charge in [0.05, 0.1) is 0 Å². The maximum atomic E-state index is 9.02. The fourth-order valence-corrected chi connectivity index (χ4v) is 2.13. The van der Waals surface area contributed by atoms with E-state index in [1.165, 1.54) is 10.4 Å². The Morgan fingerprint density at radius 3 is 2.76 bits per heavy atom. The fourth-order valence-electron chi connectivity index (χ4n) is 2.13. The Morgan fingerprint density at radius 2 is 2.00 bits per heavy atom. The number of rotatable bonds is 4. The van der Waals surface area contributed by atoms with Crippen molar-refractivity contribution < 1.29 is 9.84 Å². The summed E-state index contributed by atoms with van der Waals surface area (Å²) in [6.07, 6.45) is 7.31. The van der Waals surface area contributed by atoms with E-state index in [-0.39, 0.29) is 12.2 Å². The molecule has 0 unspecified atom stereocenters. The van der Waals surface area contributed by atoms with E-state index in [2.05, 4.69) is 18.2 Å². The minimum absolute atomic E-state index is 0.151. The Morgan fingerprint density at radius 1 is 1.24 bits per heavy atom. The molecule has 0 radical (unpaired) electrons. The van der Waals surface area contributed by atoms with Gasteiger partial charge in [-0.25, -0.2) is 0 Å². The number of fused-ring (bicyclic) bond motifs is 1. The molecule has 1 aliphatic carbocycles. The molecule has 0 heterocycles. The summed E-state index contributed by atoms with van der Waals surface area (Å²) < 4.78 is 6.03. The fraction of sp³-hybridized carbons (Fsp3) is 0.467. The van der Waals surface area contributed by atoms with Crippen LogP contribution >= 0.6 is 0 Å². The summed E-state index contributed by atoms with van der Waals surface area (Å²) in [5.41, 5.74) is -0.324. The van der Waals surface area contributed by atoms with Crippen LogP contribution in [0.3, 0.4) is 0 Å². The van der Waals surface area contributed by atoms with Crippen LogP contribution in [0.1, 0.15) is 33.1 Å². The van der Waals surface area contributed by atoms with Gasteiger partial charge in [0, 0.05) is 18.2 Å². The van der Waals surface area contributed by atoms with Crippen LogP contribution < -0.4 is 15.2 Å². The number of aliphatic hydroxyl groups excluding tert-OH is 1. The summed E-state index contributed by atoms with van der Waals surface area (Å²) in [5.74, 6) is 0.928. The summed E-state index contributed by atoms with van der Waals surface area (Å²) >= 11 is 0. The summed E-state index contributed by atoms with van der Waals surface area (Å²) in [6, 6.07) is 6.16. The molecule has 0 bridgehead atoms. The second kappa shape index (κ2) is 4.92. The van der Waals surface area contributed by atoms with Crippen LogP contribution in [0.4, 0.5) is 0 Å². The molecule has 0 amide bonds. The number of hydrogen-bond donors (Lipinski definition) is 1. The first kappa shape index (κ1) is 12.2. The van der Waals surface area contributed by atoms with Gasteiger partial charge in [-0.15, -0.1) is 0 Å². The van der Waals surface area contributed by atoms with Crippen molar-refractivity contribution in [2.24, 2.45) is 0 Å². The van der Waals surface area contributed by atoms with Crippen LogP contribution in [-0.2, 0) is 0 Å². The van der Waals surface area contributed by atoms with Crippen LogP contribution in [0.2, 0.25) is 0 Å². The van der Waals surface area contributed by atoms with Gasteiger partial charge in [0.1, 0.15) is 11.4 Å². The third-order valence-corrected chi connectivity index (χ3v) is 3.08. The molecular formula is C15H20O2. The highest BCUT2D eigenvalue weighted by molar-refractivity contribution is 5.43. The summed E-state index contributed by atoms with van der Waals surface area (Å²) in [7, 11) is 0. The van der Waals surface area contributed by atoms with Gasteiger partial charge in [-0.1, -0.05) is 24.3 Å². The molecule has 0 aliphatic heterocycles. The molecule has 17 heavy (non-hydrogen) atoms. The average Bonchev–Trinajstić information content (AvgIpc) is 2.29. The summed E-state index contributed by atoms with van der Waals surface area (Å²) in [6.45, 7) is 4.17. The van der Waals surface area contributed by atoms with Gasteiger partial charge >= 0.3 is 0 Å². The lowest BCUT2D eigenvalue weighted by atomic mass is 10.0. The smallest absolute Gasteiger partial charge is 0.127 e. The van der Waals surface area contributed by atoms with Crippen LogP contribution in [0.15, 0.2) is 18.2 Å². The molecule has 1 aromatic carbocycles. The van der Waals surface area contributed by atoms with Gasteiger partial charge in [-0.3, -0.25) is 0 Å². The Labute approximate surface area is 102 Å². The number of ether oxygens (including phenoxy) is 1. The minimum Gasteiger partial charge on any atom is -0.487 e. The molecule has 92 valence electrons. The molecule has 1 N–H and O–H groups in total. The third kappa shape index (κ3) is 2.89. The highest BCUT2D eigenvalue weighted by Crippen LogP contribution is 2.17. The summed E-state index contributed by atoms with van der Waals surface area (Å²) in [5, 5.41) is 11.5. The largest absolute Gasteiger partial charge is 0.487 e. The van der Waals surface area contributed by atoms with E-state index in [4.69, 9.17) is 9.84 Å². The SMILES string of the molecule is CC(C)(CCO)Oc1cccc2c1=CCCC=2. The predicted octanol–water partition coefficient (Wildman–Crippen LogP) is 1.58. The van der Waals surface area contributed by atoms with Crippen LogP contribution in [0.5, 0.6) is 5.75 Å². The van der Waals surface area contributed by atoms with Crippen LogP contribution in [0, 0.1) is 0 Å². The summed E-state index contributed by atoms with van der Waals surface area (Å²) in [4.78, 5) is 0. The molecule has 0 atom stereocenters. The standard InChI is InChI=1S/C15H20O2/c1-15(2,10-11-16)17-14-9-5-7-12-6-3-4-8-13(12)14/h5-9,16H,3-4,10-11H2,1-2H3. The van der Waals surface area contributed by atoms with Gasteiger partial charge in [0.25, 0.3) is 0 Å². The van der Waals surface area contributed by atoms with E-state index < -0.39 is 0 Å². The molecule has 1 aliphatic rings. The zero-order chi connectivity index (χ0) is 12.3. The Hall–Kier alpha value is -1.28. The lowest BCUT2D eigenvalue weighted by molar-refractivity contribution is 0.0754. The first-order chi connectivity index (χ1) is 8.12. The number of benzene rings is 1. The minimum atomic E-state index is -0.324. The average molecular weight is 232 g/mol. The highest BCUT2D eigenvalue weighted by atomic mass is 16.5. The van der Waals surface area contributed by atoms with Crippen molar-refractivity contribution in [1.29, 1.82) is 0 Å². The van der Waals surface area contributed by atoms with E-state index in [9.17, 15) is 0 Å². The lowest BCUT2D eigenvalue weighted by Crippen LogP contribution is -2.35. The number of hydrogen-bond acceptors (Lipinski definition) is 2. The topological polar surface area (TPSA) is 29.5 Å². The van der Waals surface area contributed by atoms with Gasteiger partial charge in [0.2, 0.25) is 0 Å². The third-order valence-electron chi connectivity index (χ3n) is 3.08. The first-order valence-corrected chi connectivity index (χ1v) is 6.22. The van der Waals surface area contributed by atoms with Gasteiger partial charge in [0.15, 0.2) is 0 Å². The molecule has 0 aromatic heterocycles. The quantitative estimate of drug-likeness (QED) is 0.854. The second-order valence-electron chi connectivity index (χ2n) is 5.08. The predicted molar refractivity (Wildman–Crippen MR) is 70.3 cm³/mol. The maximum Gasteiger partial charge on any atom is 0.127 e. The first-order valence-electron chi connectivity index (χ1n) is 6.22. The number of aliphatic hydroxyl groups is 1. The van der Waals surface area contributed by atoms with Gasteiger partial charge in [-0.05, 0) is 38.0 Å². The van der Waals surface area contributed by atoms with E-state index in [0.29, 0.717) is 6.42 Å². The molecule has 0 fully saturated rings. The van der Waals surface area contributed by atoms with Crippen molar-refractivity contribution in [1.82, 2.24) is 0 Å². The zero-order valence-corrected chi connectivity index (χ0v) is 10.6. The monoisotopic (exact) mass is 232 g/mol. The van der Waals surface area contributed by atoms with Crippen molar-refractivity contribution in [3.05, 3.63) is 28.6 Å². The van der Waals surface area contributed by atoms with Gasteiger partial charge < -0.3 is 9.84 Å². The Bertz CT molecular complexity index is 500. The Kier molecular flexibility index (Phi) is 3.53. The molecule has 0 spiro atoms. The van der Waals surface area contributed by atoms with E-state index in [1.54, 1.807) is 0 Å². The van der Waals surface area contributed by atoms with Crippen molar-refractivity contribution in [2.75, 3.05) is 6.61 Å².